The summed E-state index contributed by atoms with van der Waals surface area (Å²) in [7, 11) is -4.02. The van der Waals surface area contributed by atoms with Crippen LogP contribution in [0.2, 0.25) is 15.1 Å². The number of hydrogen-bond acceptors (Lipinski definition) is 4. The third-order valence-electron chi connectivity index (χ3n) is 2.76. The number of halogens is 3. The molecule has 0 amide bonds. The van der Waals surface area contributed by atoms with Crippen molar-refractivity contribution in [2.24, 2.45) is 5.14 Å². The molecule has 0 spiro atoms. The Balaban J connectivity index is 2.82. The highest BCUT2D eigenvalue weighted by molar-refractivity contribution is 7.89. The predicted molar refractivity (Wildman–Crippen MR) is 83.8 cm³/mol. The molecular weight excluding hydrogens is 359 g/mol. The van der Waals surface area contributed by atoms with E-state index in [1.54, 1.807) is 6.92 Å². The molecule has 0 unspecified atom stereocenters. The zero-order chi connectivity index (χ0) is 15.9. The van der Waals surface area contributed by atoms with E-state index < -0.39 is 10.0 Å². The Morgan fingerprint density at radius 3 is 2.14 bits per heavy atom. The molecule has 0 radical (unpaired) electrons. The van der Waals surface area contributed by atoms with Gasteiger partial charge in [-0.05, 0) is 18.6 Å². The Kier molecular flexibility index (Phi) is 4.41. The molecule has 1 aromatic heterocycles. The summed E-state index contributed by atoms with van der Waals surface area (Å²) in [5.74, 6) is -0.152. The van der Waals surface area contributed by atoms with Crippen LogP contribution in [0.1, 0.15) is 12.6 Å². The zero-order valence-corrected chi connectivity index (χ0v) is 13.9. The SMILES string of the molecule is CCc1nn(-c2c(Cl)cc(Cl)cc2Cl)c(N)c1S(N)(=O)=O. The van der Waals surface area contributed by atoms with E-state index in [1.807, 2.05) is 0 Å². The summed E-state index contributed by atoms with van der Waals surface area (Å²) in [6, 6.07) is 2.90. The lowest BCUT2D eigenvalue weighted by atomic mass is 10.3. The number of aryl methyl sites for hydroxylation is 1. The minimum Gasteiger partial charge on any atom is -0.382 e. The third-order valence-corrected chi connectivity index (χ3v) is 4.56. The molecule has 10 heteroatoms. The van der Waals surface area contributed by atoms with E-state index in [0.29, 0.717) is 11.4 Å². The van der Waals surface area contributed by atoms with Crippen LogP contribution in [0.3, 0.4) is 0 Å². The first kappa shape index (κ1) is 16.4. The predicted octanol–water partition coefficient (Wildman–Crippen LogP) is 2.62. The molecule has 4 N–H and O–H groups in total. The fourth-order valence-corrected chi connectivity index (χ4v) is 3.78. The minimum atomic E-state index is -4.02. The lowest BCUT2D eigenvalue weighted by Crippen LogP contribution is -2.15. The fraction of sp³-hybridized carbons (Fsp3) is 0.182. The van der Waals surface area contributed by atoms with Crippen molar-refractivity contribution in [3.63, 3.8) is 0 Å². The molecule has 0 aliphatic heterocycles. The summed E-state index contributed by atoms with van der Waals surface area (Å²) in [4.78, 5) is -0.230. The number of nitrogen functional groups attached to an aromatic ring is 1. The van der Waals surface area contributed by atoms with Crippen LogP contribution in [0.15, 0.2) is 17.0 Å². The van der Waals surface area contributed by atoms with Crippen LogP contribution in [-0.2, 0) is 16.4 Å². The van der Waals surface area contributed by atoms with Gasteiger partial charge in [0.15, 0.2) is 0 Å². The summed E-state index contributed by atoms with van der Waals surface area (Å²) in [6.45, 7) is 1.73. The van der Waals surface area contributed by atoms with Gasteiger partial charge in [0.1, 0.15) is 16.4 Å². The molecule has 0 bridgehead atoms. The summed E-state index contributed by atoms with van der Waals surface area (Å²) in [6.07, 6.45) is 0.325. The van der Waals surface area contributed by atoms with Gasteiger partial charge >= 0.3 is 0 Å². The number of nitrogens with two attached hydrogens (primary N) is 2. The first-order chi connectivity index (χ1) is 9.66. The highest BCUT2D eigenvalue weighted by Crippen LogP contribution is 2.35. The minimum absolute atomic E-state index is 0.152. The molecule has 21 heavy (non-hydrogen) atoms. The second-order valence-corrected chi connectivity index (χ2v) is 6.94. The molecule has 0 aliphatic carbocycles. The van der Waals surface area contributed by atoms with Crippen molar-refractivity contribution >= 4 is 50.6 Å². The average molecular weight is 370 g/mol. The number of primary sulfonamides is 1. The Morgan fingerprint density at radius 1 is 1.24 bits per heavy atom. The van der Waals surface area contributed by atoms with Crippen LogP contribution >= 0.6 is 34.8 Å². The van der Waals surface area contributed by atoms with Gasteiger partial charge in [-0.15, -0.1) is 0 Å². The van der Waals surface area contributed by atoms with Crippen molar-refractivity contribution in [3.8, 4) is 5.69 Å². The normalized spacial score (nSPS) is 11.9. The molecule has 0 atom stereocenters. The molecule has 1 aromatic carbocycles. The number of rotatable bonds is 3. The maximum absolute atomic E-state index is 11.7. The van der Waals surface area contributed by atoms with Gasteiger partial charge in [0.25, 0.3) is 0 Å². The Labute approximate surface area is 136 Å². The van der Waals surface area contributed by atoms with E-state index in [9.17, 15) is 8.42 Å². The summed E-state index contributed by atoms with van der Waals surface area (Å²) < 4.78 is 24.5. The number of anilines is 1. The molecule has 1 heterocycles. The molecule has 2 aromatic rings. The van der Waals surface area contributed by atoms with Gasteiger partial charge in [-0.25, -0.2) is 18.2 Å². The zero-order valence-electron chi connectivity index (χ0n) is 10.8. The van der Waals surface area contributed by atoms with E-state index in [0.717, 1.165) is 4.68 Å². The van der Waals surface area contributed by atoms with E-state index >= 15 is 0 Å². The molecule has 0 saturated heterocycles. The third kappa shape index (κ3) is 2.97. The van der Waals surface area contributed by atoms with Gasteiger partial charge in [0.2, 0.25) is 10.0 Å². The molecule has 2 rings (SSSR count). The van der Waals surface area contributed by atoms with Crippen molar-refractivity contribution in [1.82, 2.24) is 9.78 Å². The monoisotopic (exact) mass is 368 g/mol. The van der Waals surface area contributed by atoms with Crippen LogP contribution in [0.4, 0.5) is 5.82 Å². The van der Waals surface area contributed by atoms with E-state index in [1.165, 1.54) is 12.1 Å². The molecular formula is C11H11Cl3N4O2S. The molecule has 0 aliphatic rings. The van der Waals surface area contributed by atoms with E-state index in [4.69, 9.17) is 45.7 Å². The number of sulfonamides is 1. The largest absolute Gasteiger partial charge is 0.382 e. The summed E-state index contributed by atoms with van der Waals surface area (Å²) >= 11 is 18.0. The van der Waals surface area contributed by atoms with Gasteiger partial charge in [-0.1, -0.05) is 41.7 Å². The number of hydrogen-bond donors (Lipinski definition) is 2. The molecule has 0 fully saturated rings. The van der Waals surface area contributed by atoms with E-state index in [2.05, 4.69) is 5.10 Å². The lowest BCUT2D eigenvalue weighted by molar-refractivity contribution is 0.597. The Morgan fingerprint density at radius 2 is 1.76 bits per heavy atom. The Bertz CT molecular complexity index is 794. The van der Waals surface area contributed by atoms with Crippen molar-refractivity contribution in [2.45, 2.75) is 18.2 Å². The van der Waals surface area contributed by atoms with Crippen LogP contribution < -0.4 is 10.9 Å². The second kappa shape index (κ2) is 5.66. The highest BCUT2D eigenvalue weighted by Gasteiger charge is 2.26. The van der Waals surface area contributed by atoms with Crippen molar-refractivity contribution < 1.29 is 8.42 Å². The number of aromatic nitrogens is 2. The first-order valence-electron chi connectivity index (χ1n) is 5.71. The van der Waals surface area contributed by atoms with Crippen LogP contribution in [0.5, 0.6) is 0 Å². The van der Waals surface area contributed by atoms with Crippen LogP contribution in [-0.4, -0.2) is 18.2 Å². The molecule has 0 saturated carbocycles. The first-order valence-corrected chi connectivity index (χ1v) is 8.40. The summed E-state index contributed by atoms with van der Waals surface area (Å²) in [5.41, 5.74) is 6.34. The summed E-state index contributed by atoms with van der Waals surface area (Å²) in [5, 5.41) is 10.0. The topological polar surface area (TPSA) is 104 Å². The van der Waals surface area contributed by atoms with Gasteiger partial charge in [0.05, 0.1) is 15.7 Å². The maximum atomic E-state index is 11.7. The Hall–Kier alpha value is -0.990. The standard InChI is InChI=1S/C11H11Cl3N4O2S/c1-2-8-10(21(16,19)20)11(15)18(17-8)9-6(13)3-5(12)4-7(9)14/h3-4H,2,15H2,1H3,(H2,16,19,20). The van der Waals surface area contributed by atoms with Gasteiger partial charge in [-0.3, -0.25) is 0 Å². The lowest BCUT2D eigenvalue weighted by Gasteiger charge is -2.09. The number of benzene rings is 1. The van der Waals surface area contributed by atoms with Crippen molar-refractivity contribution in [1.29, 1.82) is 0 Å². The number of nitrogens with zero attached hydrogens (tertiary/aromatic N) is 2. The average Bonchev–Trinajstić information content (AvgIpc) is 2.65. The molecule has 6 nitrogen and oxygen atoms in total. The highest BCUT2D eigenvalue weighted by atomic mass is 35.5. The van der Waals surface area contributed by atoms with Gasteiger partial charge in [0, 0.05) is 5.02 Å². The van der Waals surface area contributed by atoms with Crippen LogP contribution in [0, 0.1) is 0 Å². The van der Waals surface area contributed by atoms with Crippen molar-refractivity contribution in [3.05, 3.63) is 32.9 Å². The van der Waals surface area contributed by atoms with Crippen molar-refractivity contribution in [2.75, 3.05) is 5.73 Å². The van der Waals surface area contributed by atoms with Gasteiger partial charge in [-0.2, -0.15) is 5.10 Å². The van der Waals surface area contributed by atoms with E-state index in [-0.39, 0.29) is 32.1 Å². The second-order valence-electron chi connectivity index (χ2n) is 4.19. The quantitative estimate of drug-likeness (QED) is 0.867. The smallest absolute Gasteiger partial charge is 0.243 e. The van der Waals surface area contributed by atoms with Gasteiger partial charge < -0.3 is 5.73 Å². The fourth-order valence-electron chi connectivity index (χ4n) is 1.91. The molecule has 114 valence electrons. The maximum Gasteiger partial charge on any atom is 0.243 e. The van der Waals surface area contributed by atoms with Crippen LogP contribution in [0.25, 0.3) is 5.69 Å².